The number of aliphatic imine (C=N–C) groups is 1. The molecule has 1 aliphatic heterocycles. The minimum Gasteiger partial charge on any atom is -0.486 e. The predicted octanol–water partition coefficient (Wildman–Crippen LogP) is 4.46. The van der Waals surface area contributed by atoms with Crippen molar-refractivity contribution in [3.8, 4) is 5.75 Å². The Morgan fingerprint density at radius 2 is 1.65 bits per heavy atom. The maximum Gasteiger partial charge on any atom is 0.431 e. The third-order valence-corrected chi connectivity index (χ3v) is 7.79. The molecule has 1 aliphatic carbocycles. The molecule has 0 saturated heterocycles. The summed E-state index contributed by atoms with van der Waals surface area (Å²) in [5.74, 6) is 0.139. The molecule has 0 radical (unpaired) electrons. The molecule has 2 aliphatic rings. The number of nitrogens with two attached hydrogens (primary N) is 1. The summed E-state index contributed by atoms with van der Waals surface area (Å²) in [6.45, 7) is 12.1. The van der Waals surface area contributed by atoms with E-state index in [0.717, 1.165) is 11.1 Å². The molecular formula is C35H48N4O9. The third-order valence-electron chi connectivity index (χ3n) is 7.79. The number of carbonyl (C=O) groups is 3. The zero-order valence-corrected chi connectivity index (χ0v) is 28.8. The van der Waals surface area contributed by atoms with Crippen molar-refractivity contribution in [1.29, 1.82) is 0 Å². The molecule has 13 nitrogen and oxygen atoms in total. The Morgan fingerprint density at radius 1 is 0.979 bits per heavy atom. The number of amidine groups is 1. The first-order valence-electron chi connectivity index (χ1n) is 16.0. The molecule has 1 saturated carbocycles. The van der Waals surface area contributed by atoms with E-state index < -0.39 is 46.7 Å². The van der Waals surface area contributed by atoms with Gasteiger partial charge >= 0.3 is 18.2 Å². The number of ether oxygens (including phenoxy) is 4. The summed E-state index contributed by atoms with van der Waals surface area (Å²) in [5, 5.41) is 13.4. The quantitative estimate of drug-likeness (QED) is 0.0928. The fourth-order valence-corrected chi connectivity index (χ4v) is 5.34. The van der Waals surface area contributed by atoms with Gasteiger partial charge in [-0.1, -0.05) is 30.3 Å². The lowest BCUT2D eigenvalue weighted by atomic mass is 9.76. The Kier molecular flexibility index (Phi) is 10.9. The van der Waals surface area contributed by atoms with E-state index >= 15 is 0 Å². The predicted molar refractivity (Wildman–Crippen MR) is 177 cm³/mol. The fraction of sp³-hybridized carbons (Fsp3) is 0.543. The van der Waals surface area contributed by atoms with Gasteiger partial charge in [-0.2, -0.15) is 5.48 Å². The lowest BCUT2D eigenvalue weighted by molar-refractivity contribution is -0.205. The average molecular weight is 669 g/mol. The van der Waals surface area contributed by atoms with Crippen LogP contribution >= 0.6 is 0 Å². The number of hydroxylamine groups is 1. The number of alkyl carbamates (subject to hydrolysis) is 1. The molecule has 0 spiro atoms. The first-order valence-corrected chi connectivity index (χ1v) is 16.0. The van der Waals surface area contributed by atoms with Crippen LogP contribution in [-0.2, 0) is 36.9 Å². The second-order valence-corrected chi connectivity index (χ2v) is 14.5. The lowest BCUT2D eigenvalue weighted by Crippen LogP contribution is -2.58. The normalized spacial score (nSPS) is 22.1. The Bertz CT molecular complexity index is 1490. The van der Waals surface area contributed by atoms with Crippen LogP contribution in [0.2, 0.25) is 0 Å². The fourth-order valence-electron chi connectivity index (χ4n) is 5.34. The number of carbonyl (C=O) groups excluding carboxylic acids is 3. The first kappa shape index (κ1) is 36.5. The van der Waals surface area contributed by atoms with Crippen molar-refractivity contribution in [3.05, 3.63) is 65.2 Å². The van der Waals surface area contributed by atoms with Gasteiger partial charge < -0.3 is 35.1 Å². The minimum absolute atomic E-state index is 0.0448. The molecular weight excluding hydrogens is 620 g/mol. The zero-order valence-electron chi connectivity index (χ0n) is 28.8. The van der Waals surface area contributed by atoms with Crippen LogP contribution in [0.25, 0.3) is 0 Å². The molecule has 5 N–H and O–H groups in total. The highest BCUT2D eigenvalue weighted by Gasteiger charge is 2.50. The van der Waals surface area contributed by atoms with Crippen molar-refractivity contribution in [2.24, 2.45) is 10.7 Å². The second-order valence-electron chi connectivity index (χ2n) is 14.5. The molecule has 2 aromatic rings. The standard InChI is InChI=1S/C35H48N4O9/c1-32(2,3)46-29(40)34(7,48-39-31(42)47-33(4,5)6)27-16-14-23-17-24(13-15-26(23)45-27)28(36)38-25-18-35(43,19-25)21-37-30(41)44-20-22-11-9-8-10-12-22/h8-13,15,17,25,27,43H,14,16,18-21H2,1-7H3,(H2,36,38)(H,37,41)(H,39,42)/t25?,27-,34+,35?/m1/s1. The van der Waals surface area contributed by atoms with Crippen LogP contribution < -0.4 is 21.3 Å². The number of fused-ring (bicyclic) bond motifs is 1. The van der Waals surface area contributed by atoms with E-state index in [-0.39, 0.29) is 19.2 Å². The number of benzene rings is 2. The van der Waals surface area contributed by atoms with Crippen molar-refractivity contribution in [2.75, 3.05) is 6.54 Å². The van der Waals surface area contributed by atoms with Crippen LogP contribution in [0.1, 0.15) is 84.4 Å². The van der Waals surface area contributed by atoms with Gasteiger partial charge in [0.1, 0.15) is 35.5 Å². The lowest BCUT2D eigenvalue weighted by Gasteiger charge is -2.41. The maximum absolute atomic E-state index is 13.4. The molecule has 1 heterocycles. The summed E-state index contributed by atoms with van der Waals surface area (Å²) in [5.41, 5.74) is 6.62. The molecule has 13 heteroatoms. The van der Waals surface area contributed by atoms with Gasteiger partial charge in [0.05, 0.1) is 11.6 Å². The molecule has 0 bridgehead atoms. The van der Waals surface area contributed by atoms with Crippen LogP contribution in [0.4, 0.5) is 9.59 Å². The molecule has 48 heavy (non-hydrogen) atoms. The number of amides is 2. The number of nitrogens with one attached hydrogen (secondary N) is 2. The number of rotatable bonds is 10. The van der Waals surface area contributed by atoms with Gasteiger partial charge in [-0.3, -0.25) is 4.99 Å². The van der Waals surface area contributed by atoms with Crippen molar-refractivity contribution in [1.82, 2.24) is 10.8 Å². The highest BCUT2D eigenvalue weighted by Crippen LogP contribution is 2.36. The zero-order chi connectivity index (χ0) is 35.3. The smallest absolute Gasteiger partial charge is 0.431 e. The molecule has 1 fully saturated rings. The molecule has 2 aromatic carbocycles. The van der Waals surface area contributed by atoms with Crippen molar-refractivity contribution in [2.45, 2.75) is 115 Å². The summed E-state index contributed by atoms with van der Waals surface area (Å²) >= 11 is 0. The molecule has 262 valence electrons. The molecule has 0 aromatic heterocycles. The van der Waals surface area contributed by atoms with E-state index in [1.807, 2.05) is 36.4 Å². The number of nitrogens with zero attached hydrogens (tertiary/aromatic N) is 1. The Balaban J connectivity index is 1.34. The van der Waals surface area contributed by atoms with E-state index in [1.54, 1.807) is 53.7 Å². The number of hydrogen-bond donors (Lipinski definition) is 4. The van der Waals surface area contributed by atoms with Gasteiger partial charge in [0, 0.05) is 24.9 Å². The topological polar surface area (TPSA) is 180 Å². The van der Waals surface area contributed by atoms with E-state index in [9.17, 15) is 19.5 Å². The van der Waals surface area contributed by atoms with Gasteiger partial charge in [0.15, 0.2) is 0 Å². The van der Waals surface area contributed by atoms with Crippen LogP contribution in [0.15, 0.2) is 53.5 Å². The highest BCUT2D eigenvalue weighted by molar-refractivity contribution is 5.98. The summed E-state index contributed by atoms with van der Waals surface area (Å²) in [6, 6.07) is 14.5. The highest BCUT2D eigenvalue weighted by atomic mass is 16.7. The largest absolute Gasteiger partial charge is 0.486 e. The molecule has 2 amide bonds. The summed E-state index contributed by atoms with van der Waals surface area (Å²) in [4.78, 5) is 48.1. The number of aliphatic hydroxyl groups is 1. The average Bonchev–Trinajstić information content (AvgIpc) is 2.99. The van der Waals surface area contributed by atoms with E-state index in [4.69, 9.17) is 29.5 Å². The molecule has 0 unspecified atom stereocenters. The monoisotopic (exact) mass is 668 g/mol. The van der Waals surface area contributed by atoms with Crippen LogP contribution in [-0.4, -0.2) is 70.2 Å². The first-order chi connectivity index (χ1) is 22.3. The van der Waals surface area contributed by atoms with Crippen molar-refractivity contribution < 1.29 is 43.3 Å². The van der Waals surface area contributed by atoms with Gasteiger partial charge in [-0.25, -0.2) is 19.2 Å². The summed E-state index contributed by atoms with van der Waals surface area (Å²) in [6.07, 6.45) is -0.694. The number of aryl methyl sites for hydroxylation is 1. The van der Waals surface area contributed by atoms with E-state index in [2.05, 4.69) is 15.8 Å². The third kappa shape index (κ3) is 10.1. The molecule has 2 atom stereocenters. The molecule has 4 rings (SSSR count). The van der Waals surface area contributed by atoms with Crippen molar-refractivity contribution >= 4 is 24.0 Å². The van der Waals surface area contributed by atoms with Crippen LogP contribution in [0.3, 0.4) is 0 Å². The Morgan fingerprint density at radius 3 is 2.29 bits per heavy atom. The number of esters is 1. The summed E-state index contributed by atoms with van der Waals surface area (Å²) < 4.78 is 22.4. The van der Waals surface area contributed by atoms with Gasteiger partial charge in [0.25, 0.3) is 0 Å². The maximum atomic E-state index is 13.4. The Hall–Kier alpha value is -4.36. The van der Waals surface area contributed by atoms with Gasteiger partial charge in [-0.05, 0) is 90.6 Å². The van der Waals surface area contributed by atoms with Gasteiger partial charge in [-0.15, -0.1) is 0 Å². The van der Waals surface area contributed by atoms with Gasteiger partial charge in [0.2, 0.25) is 5.60 Å². The van der Waals surface area contributed by atoms with Crippen LogP contribution in [0.5, 0.6) is 5.75 Å². The SMILES string of the molecule is CC(C)(C)OC(=O)NO[C@](C)(C(=O)OC(C)(C)C)[C@H]1CCc2cc(C(N)=NC3CC(O)(CNC(=O)OCc4ccccc4)C3)ccc2O1. The Labute approximate surface area is 281 Å². The van der Waals surface area contributed by atoms with Crippen LogP contribution in [0, 0.1) is 0 Å². The van der Waals surface area contributed by atoms with E-state index in [0.29, 0.717) is 42.8 Å². The van der Waals surface area contributed by atoms with Crippen molar-refractivity contribution in [3.63, 3.8) is 0 Å². The summed E-state index contributed by atoms with van der Waals surface area (Å²) in [7, 11) is 0. The number of hydrogen-bond acceptors (Lipinski definition) is 10. The van der Waals surface area contributed by atoms with E-state index in [1.165, 1.54) is 6.92 Å². The second kappa shape index (κ2) is 14.4. The minimum atomic E-state index is -1.70.